The minimum Gasteiger partial charge on any atom is -0.496 e. The monoisotopic (exact) mass is 449 g/mol. The Morgan fingerprint density at radius 1 is 1.19 bits per heavy atom. The second kappa shape index (κ2) is 9.71. The Morgan fingerprint density at radius 3 is 2.48 bits per heavy atom. The van der Waals surface area contributed by atoms with Crippen molar-refractivity contribution in [2.45, 2.75) is 20.8 Å². The third-order valence-corrected chi connectivity index (χ3v) is 4.92. The Kier molecular flexibility index (Phi) is 7.62. The normalized spacial score (nSPS) is 10.3. The third-order valence-electron chi connectivity index (χ3n) is 4.22. The van der Waals surface area contributed by atoms with E-state index < -0.39 is 0 Å². The summed E-state index contributed by atoms with van der Waals surface area (Å²) in [5, 5.41) is 6.03. The summed E-state index contributed by atoms with van der Waals surface area (Å²) >= 11 is 8.67. The van der Waals surface area contributed by atoms with Gasteiger partial charge in [0.1, 0.15) is 5.75 Å². The smallest absolute Gasteiger partial charge is 0.261 e. The number of hydrogen-bond acceptors (Lipinski definition) is 4. The van der Waals surface area contributed by atoms with E-state index in [1.807, 2.05) is 25.1 Å². The molecule has 2 N–H and O–H groups in total. The van der Waals surface area contributed by atoms with Crippen LogP contribution >= 0.6 is 28.1 Å². The maximum atomic E-state index is 12.5. The fourth-order valence-electron chi connectivity index (χ4n) is 2.76. The molecule has 0 aliphatic carbocycles. The van der Waals surface area contributed by atoms with E-state index in [9.17, 15) is 4.79 Å². The number of hydrogen-bond donors (Lipinski definition) is 2. The van der Waals surface area contributed by atoms with Gasteiger partial charge in [-0.1, -0.05) is 15.9 Å². The van der Waals surface area contributed by atoms with Crippen molar-refractivity contribution in [1.82, 2.24) is 5.32 Å². The molecule has 144 valence electrons. The molecule has 7 heteroatoms. The summed E-state index contributed by atoms with van der Waals surface area (Å²) < 4.78 is 6.03. The van der Waals surface area contributed by atoms with Gasteiger partial charge in [-0.2, -0.15) is 0 Å². The summed E-state index contributed by atoms with van der Waals surface area (Å²) in [5.74, 6) is 0.154. The molecule has 0 unspecified atom stereocenters. The number of carbonyl (C=O) groups excluding carboxylic acids is 1. The van der Waals surface area contributed by atoms with Crippen LogP contribution in [0.1, 0.15) is 29.8 Å². The molecular weight excluding hydrogens is 426 g/mol. The lowest BCUT2D eigenvalue weighted by Gasteiger charge is -2.22. The average molecular weight is 450 g/mol. The number of carbonyl (C=O) groups is 1. The van der Waals surface area contributed by atoms with Gasteiger partial charge in [-0.15, -0.1) is 0 Å². The summed E-state index contributed by atoms with van der Waals surface area (Å²) in [6, 6.07) is 11.4. The predicted molar refractivity (Wildman–Crippen MR) is 119 cm³/mol. The molecule has 2 aromatic rings. The second-order valence-corrected chi connectivity index (χ2v) is 7.25. The van der Waals surface area contributed by atoms with E-state index in [2.05, 4.69) is 51.4 Å². The number of methoxy groups -OCH3 is 1. The Hall–Kier alpha value is -2.12. The number of ether oxygens (including phenoxy) is 1. The number of aryl methyl sites for hydroxylation is 1. The molecule has 0 aliphatic rings. The summed E-state index contributed by atoms with van der Waals surface area (Å²) in [6.45, 7) is 8.17. The van der Waals surface area contributed by atoms with Crippen LogP contribution in [-0.2, 0) is 0 Å². The van der Waals surface area contributed by atoms with Gasteiger partial charge in [0.2, 0.25) is 0 Å². The highest BCUT2D eigenvalue weighted by atomic mass is 79.9. The molecular formula is C20H24BrN3O2S. The molecule has 0 saturated heterocycles. The van der Waals surface area contributed by atoms with E-state index in [4.69, 9.17) is 17.0 Å². The van der Waals surface area contributed by atoms with Gasteiger partial charge in [0, 0.05) is 28.9 Å². The lowest BCUT2D eigenvalue weighted by atomic mass is 10.1. The van der Waals surface area contributed by atoms with Crippen molar-refractivity contribution in [3.05, 3.63) is 52.0 Å². The van der Waals surface area contributed by atoms with E-state index in [-0.39, 0.29) is 11.0 Å². The zero-order valence-corrected chi connectivity index (χ0v) is 18.3. The highest BCUT2D eigenvalue weighted by Crippen LogP contribution is 2.24. The highest BCUT2D eigenvalue weighted by Gasteiger charge is 2.15. The van der Waals surface area contributed by atoms with E-state index >= 15 is 0 Å². The third kappa shape index (κ3) is 5.43. The maximum absolute atomic E-state index is 12.5. The number of halogens is 1. The Balaban J connectivity index is 2.10. The maximum Gasteiger partial charge on any atom is 0.261 e. The number of rotatable bonds is 6. The first-order valence-corrected chi connectivity index (χ1v) is 9.91. The lowest BCUT2D eigenvalue weighted by Crippen LogP contribution is -2.34. The first-order chi connectivity index (χ1) is 12.9. The van der Waals surface area contributed by atoms with E-state index in [0.29, 0.717) is 11.3 Å². The molecule has 0 radical (unpaired) electrons. The van der Waals surface area contributed by atoms with Gasteiger partial charge in [0.15, 0.2) is 5.11 Å². The molecule has 0 fully saturated rings. The van der Waals surface area contributed by atoms with Gasteiger partial charge < -0.3 is 15.0 Å². The van der Waals surface area contributed by atoms with Crippen molar-refractivity contribution < 1.29 is 9.53 Å². The number of nitrogens with one attached hydrogen (secondary N) is 2. The fraction of sp³-hybridized carbons (Fsp3) is 0.300. The van der Waals surface area contributed by atoms with Crippen molar-refractivity contribution in [3.8, 4) is 5.75 Å². The van der Waals surface area contributed by atoms with Crippen LogP contribution in [0.15, 0.2) is 40.9 Å². The molecule has 2 rings (SSSR count). The Bertz CT molecular complexity index is 838. The van der Waals surface area contributed by atoms with Crippen LogP contribution < -0.4 is 20.3 Å². The van der Waals surface area contributed by atoms with E-state index in [1.54, 1.807) is 12.1 Å². The van der Waals surface area contributed by atoms with Gasteiger partial charge in [0.05, 0.1) is 12.7 Å². The SMILES string of the molecule is CCN(CC)c1ccc(NC(=S)NC(=O)c2cc(Br)ccc2OC)c(C)c1. The van der Waals surface area contributed by atoms with Gasteiger partial charge in [-0.05, 0) is 75.0 Å². The molecule has 0 saturated carbocycles. The van der Waals surface area contributed by atoms with E-state index in [1.165, 1.54) is 7.11 Å². The van der Waals surface area contributed by atoms with Gasteiger partial charge in [-0.25, -0.2) is 0 Å². The molecule has 5 nitrogen and oxygen atoms in total. The van der Waals surface area contributed by atoms with Crippen molar-refractivity contribution in [2.24, 2.45) is 0 Å². The number of amides is 1. The second-order valence-electron chi connectivity index (χ2n) is 5.92. The topological polar surface area (TPSA) is 53.6 Å². The first kappa shape index (κ1) is 21.2. The highest BCUT2D eigenvalue weighted by molar-refractivity contribution is 9.10. The first-order valence-electron chi connectivity index (χ1n) is 8.71. The minimum atomic E-state index is -0.330. The number of thiocarbonyl (C=S) groups is 1. The summed E-state index contributed by atoms with van der Waals surface area (Å²) in [5.41, 5.74) is 3.48. The number of anilines is 2. The molecule has 0 atom stereocenters. The number of benzene rings is 2. The fourth-order valence-corrected chi connectivity index (χ4v) is 3.32. The Morgan fingerprint density at radius 2 is 1.89 bits per heavy atom. The summed E-state index contributed by atoms with van der Waals surface area (Å²) in [7, 11) is 1.53. The zero-order valence-electron chi connectivity index (χ0n) is 15.9. The molecule has 2 aromatic carbocycles. The van der Waals surface area contributed by atoms with Crippen LogP contribution in [0, 0.1) is 6.92 Å². The molecule has 0 spiro atoms. The van der Waals surface area contributed by atoms with Crippen LogP contribution in [0.25, 0.3) is 0 Å². The predicted octanol–water partition coefficient (Wildman–Crippen LogP) is 4.74. The van der Waals surface area contributed by atoms with Crippen molar-refractivity contribution >= 4 is 50.5 Å². The van der Waals surface area contributed by atoms with Crippen LogP contribution in [0.2, 0.25) is 0 Å². The van der Waals surface area contributed by atoms with E-state index in [0.717, 1.165) is 34.5 Å². The minimum absolute atomic E-state index is 0.237. The van der Waals surface area contributed by atoms with Crippen molar-refractivity contribution in [1.29, 1.82) is 0 Å². The van der Waals surface area contributed by atoms with Gasteiger partial charge in [0.25, 0.3) is 5.91 Å². The van der Waals surface area contributed by atoms with Crippen LogP contribution in [0.5, 0.6) is 5.75 Å². The summed E-state index contributed by atoms with van der Waals surface area (Å²) in [6.07, 6.45) is 0. The average Bonchev–Trinajstić information content (AvgIpc) is 2.64. The standard InChI is InChI=1S/C20H24BrN3O2S/c1-5-24(6-2)15-8-9-17(13(3)11-15)22-20(27)23-19(25)16-12-14(21)7-10-18(16)26-4/h7-12H,5-6H2,1-4H3,(H2,22,23,25,27). The summed E-state index contributed by atoms with van der Waals surface area (Å²) in [4.78, 5) is 14.8. The van der Waals surface area contributed by atoms with Gasteiger partial charge >= 0.3 is 0 Å². The molecule has 1 amide bonds. The lowest BCUT2D eigenvalue weighted by molar-refractivity contribution is 0.0974. The molecule has 27 heavy (non-hydrogen) atoms. The molecule has 0 aliphatic heterocycles. The van der Waals surface area contributed by atoms with Crippen LogP contribution in [-0.4, -0.2) is 31.2 Å². The molecule has 0 aromatic heterocycles. The number of nitrogens with zero attached hydrogens (tertiary/aromatic N) is 1. The quantitative estimate of drug-likeness (QED) is 0.623. The van der Waals surface area contributed by atoms with Crippen LogP contribution in [0.3, 0.4) is 0 Å². The molecule has 0 heterocycles. The molecule has 0 bridgehead atoms. The van der Waals surface area contributed by atoms with Crippen LogP contribution in [0.4, 0.5) is 11.4 Å². The Labute approximate surface area is 174 Å². The van der Waals surface area contributed by atoms with Crippen molar-refractivity contribution in [3.63, 3.8) is 0 Å². The van der Waals surface area contributed by atoms with Gasteiger partial charge in [-0.3, -0.25) is 10.1 Å². The van der Waals surface area contributed by atoms with Crippen molar-refractivity contribution in [2.75, 3.05) is 30.4 Å². The largest absolute Gasteiger partial charge is 0.496 e. The zero-order chi connectivity index (χ0) is 20.0.